The maximum Gasteiger partial charge on any atom is 0.225 e. The highest BCUT2D eigenvalue weighted by Gasteiger charge is 2.33. The molecular formula is C8H10Cl2O2. The molecular weight excluding hydrogens is 199 g/mol. The molecule has 0 aromatic rings. The monoisotopic (exact) mass is 208 g/mol. The van der Waals surface area contributed by atoms with Crippen molar-refractivity contribution < 1.29 is 9.59 Å². The fraction of sp³-hybridized carbons (Fsp3) is 0.750. The Balaban J connectivity index is 2.67. The third-order valence-electron chi connectivity index (χ3n) is 2.35. The Morgan fingerprint density at radius 2 is 1.25 bits per heavy atom. The van der Waals surface area contributed by atoms with E-state index in [4.69, 9.17) is 23.2 Å². The summed E-state index contributed by atoms with van der Waals surface area (Å²) >= 11 is 10.7. The number of carbonyl (C=O) groups is 2. The zero-order valence-electron chi connectivity index (χ0n) is 6.56. The number of rotatable bonds is 2. The van der Waals surface area contributed by atoms with Crippen molar-refractivity contribution in [2.75, 3.05) is 0 Å². The lowest BCUT2D eigenvalue weighted by Gasteiger charge is -2.25. The van der Waals surface area contributed by atoms with Gasteiger partial charge in [0.2, 0.25) is 10.5 Å². The van der Waals surface area contributed by atoms with E-state index in [2.05, 4.69) is 0 Å². The zero-order valence-corrected chi connectivity index (χ0v) is 8.07. The second-order valence-electron chi connectivity index (χ2n) is 3.11. The van der Waals surface area contributed by atoms with Crippen molar-refractivity contribution in [3.8, 4) is 0 Å². The van der Waals surface area contributed by atoms with Crippen LogP contribution >= 0.6 is 23.2 Å². The van der Waals surface area contributed by atoms with E-state index in [-0.39, 0.29) is 11.8 Å². The van der Waals surface area contributed by atoms with Crippen LogP contribution in [0.5, 0.6) is 0 Å². The highest BCUT2D eigenvalue weighted by molar-refractivity contribution is 6.66. The molecule has 2 nitrogen and oxygen atoms in total. The van der Waals surface area contributed by atoms with Crippen LogP contribution in [0.15, 0.2) is 0 Å². The summed E-state index contributed by atoms with van der Waals surface area (Å²) in [4.78, 5) is 21.7. The maximum absolute atomic E-state index is 10.9. The van der Waals surface area contributed by atoms with Crippen molar-refractivity contribution in [2.24, 2.45) is 11.8 Å². The minimum Gasteiger partial charge on any atom is -0.281 e. The summed E-state index contributed by atoms with van der Waals surface area (Å²) in [5.74, 6) is -0.684. The van der Waals surface area contributed by atoms with Gasteiger partial charge >= 0.3 is 0 Å². The molecule has 0 aliphatic heterocycles. The number of carbonyl (C=O) groups excluding carboxylic acids is 2. The van der Waals surface area contributed by atoms with Gasteiger partial charge in [0.25, 0.3) is 0 Å². The van der Waals surface area contributed by atoms with Gasteiger partial charge < -0.3 is 0 Å². The molecule has 0 spiro atoms. The highest BCUT2D eigenvalue weighted by atomic mass is 35.5. The van der Waals surface area contributed by atoms with Crippen molar-refractivity contribution in [2.45, 2.75) is 25.7 Å². The SMILES string of the molecule is O=C(Cl)C1CCCCC1C(=O)Cl. The largest absolute Gasteiger partial charge is 0.281 e. The second kappa shape index (κ2) is 4.24. The lowest BCUT2D eigenvalue weighted by atomic mass is 9.81. The summed E-state index contributed by atoms with van der Waals surface area (Å²) in [5, 5.41) is -0.845. The van der Waals surface area contributed by atoms with Gasteiger partial charge in [-0.2, -0.15) is 0 Å². The quantitative estimate of drug-likeness (QED) is 0.654. The molecule has 0 heterocycles. The molecule has 0 amide bonds. The predicted octanol–water partition coefficient (Wildman–Crippen LogP) is 2.32. The number of hydrogen-bond donors (Lipinski definition) is 0. The molecule has 68 valence electrons. The fourth-order valence-corrected chi connectivity index (χ4v) is 2.20. The zero-order chi connectivity index (χ0) is 9.14. The summed E-state index contributed by atoms with van der Waals surface area (Å²) in [6.07, 6.45) is 3.32. The Hall–Kier alpha value is -0.0800. The Morgan fingerprint density at radius 1 is 0.917 bits per heavy atom. The van der Waals surface area contributed by atoms with Crippen LogP contribution < -0.4 is 0 Å². The van der Waals surface area contributed by atoms with Crippen LogP contribution in [0.1, 0.15) is 25.7 Å². The number of hydrogen-bond acceptors (Lipinski definition) is 2. The average Bonchev–Trinajstić information content (AvgIpc) is 2.04. The van der Waals surface area contributed by atoms with Gasteiger partial charge in [0, 0.05) is 11.8 Å². The highest BCUT2D eigenvalue weighted by Crippen LogP contribution is 2.32. The molecule has 12 heavy (non-hydrogen) atoms. The molecule has 0 saturated heterocycles. The van der Waals surface area contributed by atoms with Crippen molar-refractivity contribution in [1.82, 2.24) is 0 Å². The lowest BCUT2D eigenvalue weighted by Crippen LogP contribution is -2.28. The van der Waals surface area contributed by atoms with Gasteiger partial charge in [0.1, 0.15) is 0 Å². The molecule has 1 fully saturated rings. The Morgan fingerprint density at radius 3 is 1.50 bits per heavy atom. The van der Waals surface area contributed by atoms with Gasteiger partial charge in [-0.05, 0) is 36.0 Å². The standard InChI is InChI=1S/C8H10Cl2O2/c9-7(11)5-3-1-2-4-6(5)8(10)12/h5-6H,1-4H2. The lowest BCUT2D eigenvalue weighted by molar-refractivity contribution is -0.125. The van der Waals surface area contributed by atoms with Gasteiger partial charge in [-0.15, -0.1) is 0 Å². The average molecular weight is 209 g/mol. The third kappa shape index (κ3) is 2.20. The minimum absolute atomic E-state index is 0.342. The van der Waals surface area contributed by atoms with Crippen LogP contribution in [0, 0.1) is 11.8 Å². The fourth-order valence-electron chi connectivity index (χ4n) is 1.67. The van der Waals surface area contributed by atoms with E-state index in [1.165, 1.54) is 0 Å². The molecule has 0 radical (unpaired) electrons. The maximum atomic E-state index is 10.9. The minimum atomic E-state index is -0.422. The molecule has 4 heteroatoms. The molecule has 2 atom stereocenters. The summed E-state index contributed by atoms with van der Waals surface area (Å²) < 4.78 is 0. The smallest absolute Gasteiger partial charge is 0.225 e. The molecule has 0 aromatic carbocycles. The second-order valence-corrected chi connectivity index (χ2v) is 3.85. The normalized spacial score (nSPS) is 29.8. The van der Waals surface area contributed by atoms with Crippen LogP contribution in [0.4, 0.5) is 0 Å². The third-order valence-corrected chi connectivity index (χ3v) is 2.91. The van der Waals surface area contributed by atoms with Gasteiger partial charge in [0.15, 0.2) is 0 Å². The first-order chi connectivity index (χ1) is 5.63. The predicted molar refractivity (Wildman–Crippen MR) is 47.2 cm³/mol. The van der Waals surface area contributed by atoms with E-state index >= 15 is 0 Å². The molecule has 0 aromatic heterocycles. The van der Waals surface area contributed by atoms with Crippen molar-refractivity contribution in [3.63, 3.8) is 0 Å². The van der Waals surface area contributed by atoms with Crippen LogP contribution in [-0.2, 0) is 9.59 Å². The van der Waals surface area contributed by atoms with Gasteiger partial charge in [-0.25, -0.2) is 0 Å². The topological polar surface area (TPSA) is 34.1 Å². The molecule has 1 saturated carbocycles. The van der Waals surface area contributed by atoms with Gasteiger partial charge in [0.05, 0.1) is 0 Å². The molecule has 0 bridgehead atoms. The van der Waals surface area contributed by atoms with E-state index in [1.54, 1.807) is 0 Å². The van der Waals surface area contributed by atoms with Crippen molar-refractivity contribution in [3.05, 3.63) is 0 Å². The Labute approximate surface area is 81.2 Å². The molecule has 1 rings (SSSR count). The first-order valence-electron chi connectivity index (χ1n) is 4.01. The summed E-state index contributed by atoms with van der Waals surface area (Å²) in [5.41, 5.74) is 0. The van der Waals surface area contributed by atoms with Crippen LogP contribution in [0.2, 0.25) is 0 Å². The van der Waals surface area contributed by atoms with Crippen LogP contribution in [0.3, 0.4) is 0 Å². The summed E-state index contributed by atoms with van der Waals surface area (Å²) in [6.45, 7) is 0. The van der Waals surface area contributed by atoms with E-state index in [0.717, 1.165) is 12.8 Å². The van der Waals surface area contributed by atoms with E-state index in [9.17, 15) is 9.59 Å². The van der Waals surface area contributed by atoms with Crippen LogP contribution in [-0.4, -0.2) is 10.5 Å². The molecule has 2 unspecified atom stereocenters. The number of halogens is 2. The Bertz CT molecular complexity index is 181. The van der Waals surface area contributed by atoms with Crippen molar-refractivity contribution in [1.29, 1.82) is 0 Å². The van der Waals surface area contributed by atoms with Crippen LogP contribution in [0.25, 0.3) is 0 Å². The van der Waals surface area contributed by atoms with Gasteiger partial charge in [-0.3, -0.25) is 9.59 Å². The molecule has 1 aliphatic rings. The first kappa shape index (κ1) is 10.0. The van der Waals surface area contributed by atoms with E-state index in [0.29, 0.717) is 12.8 Å². The van der Waals surface area contributed by atoms with E-state index in [1.807, 2.05) is 0 Å². The first-order valence-corrected chi connectivity index (χ1v) is 4.77. The van der Waals surface area contributed by atoms with Crippen molar-refractivity contribution >= 4 is 33.7 Å². The summed E-state index contributed by atoms with van der Waals surface area (Å²) in [6, 6.07) is 0. The van der Waals surface area contributed by atoms with Gasteiger partial charge in [-0.1, -0.05) is 12.8 Å². The molecule has 1 aliphatic carbocycles. The van der Waals surface area contributed by atoms with E-state index < -0.39 is 10.5 Å². The Kier molecular flexibility index (Phi) is 3.53. The molecule has 0 N–H and O–H groups in total. The summed E-state index contributed by atoms with van der Waals surface area (Å²) in [7, 11) is 0.